The van der Waals surface area contributed by atoms with Gasteiger partial charge in [0.15, 0.2) is 0 Å². The number of nitrogens with one attached hydrogen (secondary N) is 1. The quantitative estimate of drug-likeness (QED) is 0.636. The van der Waals surface area contributed by atoms with Gasteiger partial charge in [0.1, 0.15) is 0 Å². The van der Waals surface area contributed by atoms with Gasteiger partial charge in [-0.05, 0) is 25.1 Å². The predicted molar refractivity (Wildman–Crippen MR) is 61.1 cm³/mol. The molecule has 0 aromatic rings. The molecular formula is C12H18N2O. The first-order chi connectivity index (χ1) is 7.22. The van der Waals surface area contributed by atoms with Crippen LogP contribution in [0.15, 0.2) is 35.6 Å². The van der Waals surface area contributed by atoms with Gasteiger partial charge in [-0.2, -0.15) is 0 Å². The van der Waals surface area contributed by atoms with Gasteiger partial charge in [-0.1, -0.05) is 23.8 Å². The molecule has 0 spiro atoms. The van der Waals surface area contributed by atoms with Gasteiger partial charge in [-0.25, -0.2) is 0 Å². The second-order valence-electron chi connectivity index (χ2n) is 4.36. The van der Waals surface area contributed by atoms with Crippen molar-refractivity contribution in [3.63, 3.8) is 0 Å². The Labute approximate surface area is 90.4 Å². The third kappa shape index (κ3) is 1.98. The lowest BCUT2D eigenvalue weighted by atomic mass is 9.81. The Bertz CT molecular complexity index is 329. The lowest BCUT2D eigenvalue weighted by molar-refractivity contribution is 0.318. The fraction of sp³-hybridized carbons (Fsp3) is 0.500. The molecule has 82 valence electrons. The zero-order valence-corrected chi connectivity index (χ0v) is 8.98. The standard InChI is InChI=1S/C12H18N2O/c1-8(13)5-9-3-2-4-11-12(9)10(7-15)6-14-11/h2-4,6,8,11-12,14-15H,5,7,13H2,1H3. The van der Waals surface area contributed by atoms with Crippen molar-refractivity contribution in [3.05, 3.63) is 35.6 Å². The molecule has 0 saturated heterocycles. The molecule has 3 atom stereocenters. The maximum atomic E-state index is 9.27. The molecule has 2 aliphatic rings. The molecule has 1 aliphatic carbocycles. The summed E-state index contributed by atoms with van der Waals surface area (Å²) in [7, 11) is 0. The van der Waals surface area contributed by atoms with Crippen molar-refractivity contribution in [2.75, 3.05) is 6.61 Å². The molecule has 0 radical (unpaired) electrons. The summed E-state index contributed by atoms with van der Waals surface area (Å²) in [5.74, 6) is 0.311. The van der Waals surface area contributed by atoms with Crippen LogP contribution >= 0.6 is 0 Å². The molecule has 4 N–H and O–H groups in total. The lowest BCUT2D eigenvalue weighted by Gasteiger charge is -2.26. The third-order valence-corrected chi connectivity index (χ3v) is 2.99. The van der Waals surface area contributed by atoms with Gasteiger partial charge in [-0.3, -0.25) is 0 Å². The van der Waals surface area contributed by atoms with Gasteiger partial charge >= 0.3 is 0 Å². The van der Waals surface area contributed by atoms with E-state index >= 15 is 0 Å². The Morgan fingerprint density at radius 2 is 2.33 bits per heavy atom. The summed E-state index contributed by atoms with van der Waals surface area (Å²) in [4.78, 5) is 0. The number of hydrogen-bond acceptors (Lipinski definition) is 3. The van der Waals surface area contributed by atoms with Gasteiger partial charge in [0, 0.05) is 12.0 Å². The first-order valence-corrected chi connectivity index (χ1v) is 5.41. The normalized spacial score (nSPS) is 30.3. The topological polar surface area (TPSA) is 58.3 Å². The number of fused-ring (bicyclic) bond motifs is 1. The van der Waals surface area contributed by atoms with Gasteiger partial charge in [0.2, 0.25) is 0 Å². The van der Waals surface area contributed by atoms with Gasteiger partial charge in [0.25, 0.3) is 0 Å². The largest absolute Gasteiger partial charge is 0.392 e. The van der Waals surface area contributed by atoms with Crippen LogP contribution in [0.2, 0.25) is 0 Å². The fourth-order valence-corrected chi connectivity index (χ4v) is 2.37. The minimum atomic E-state index is 0.123. The summed E-state index contributed by atoms with van der Waals surface area (Å²) in [6, 6.07) is 0.481. The maximum Gasteiger partial charge on any atom is 0.0665 e. The van der Waals surface area contributed by atoms with Crippen molar-refractivity contribution in [2.45, 2.75) is 25.4 Å². The third-order valence-electron chi connectivity index (χ3n) is 2.99. The van der Waals surface area contributed by atoms with Crippen molar-refractivity contribution in [1.82, 2.24) is 5.32 Å². The molecule has 15 heavy (non-hydrogen) atoms. The molecule has 0 aromatic carbocycles. The minimum absolute atomic E-state index is 0.123. The smallest absolute Gasteiger partial charge is 0.0665 e. The van der Waals surface area contributed by atoms with Gasteiger partial charge in [-0.15, -0.1) is 0 Å². The Morgan fingerprint density at radius 1 is 1.53 bits per heavy atom. The number of aliphatic hydroxyl groups excluding tert-OH is 1. The molecule has 2 rings (SSSR count). The summed E-state index contributed by atoms with van der Waals surface area (Å²) >= 11 is 0. The second kappa shape index (κ2) is 4.21. The highest BCUT2D eigenvalue weighted by molar-refractivity contribution is 5.37. The SMILES string of the molecule is CC(N)CC1=CC=CC2NC=C(CO)C12. The molecule has 0 amide bonds. The van der Waals surface area contributed by atoms with Crippen LogP contribution in [0.1, 0.15) is 13.3 Å². The number of aliphatic hydroxyl groups is 1. The average molecular weight is 206 g/mol. The highest BCUT2D eigenvalue weighted by Crippen LogP contribution is 2.33. The van der Waals surface area contributed by atoms with Crippen molar-refractivity contribution < 1.29 is 5.11 Å². The van der Waals surface area contributed by atoms with Gasteiger partial charge in [0.05, 0.1) is 12.6 Å². The van der Waals surface area contributed by atoms with Crippen LogP contribution in [-0.2, 0) is 0 Å². The van der Waals surface area contributed by atoms with E-state index in [-0.39, 0.29) is 12.6 Å². The van der Waals surface area contributed by atoms with E-state index in [0.29, 0.717) is 12.0 Å². The van der Waals surface area contributed by atoms with Crippen LogP contribution < -0.4 is 11.1 Å². The van der Waals surface area contributed by atoms with E-state index in [1.807, 2.05) is 13.1 Å². The van der Waals surface area contributed by atoms with Crippen molar-refractivity contribution in [2.24, 2.45) is 11.7 Å². The first-order valence-electron chi connectivity index (χ1n) is 5.41. The molecule has 3 heteroatoms. The zero-order chi connectivity index (χ0) is 10.8. The van der Waals surface area contributed by atoms with Crippen LogP contribution in [0.3, 0.4) is 0 Å². The zero-order valence-electron chi connectivity index (χ0n) is 8.98. The molecule has 1 heterocycles. The summed E-state index contributed by atoms with van der Waals surface area (Å²) in [6.07, 6.45) is 9.15. The van der Waals surface area contributed by atoms with E-state index in [9.17, 15) is 5.11 Å². The van der Waals surface area contributed by atoms with Crippen molar-refractivity contribution in [1.29, 1.82) is 0 Å². The van der Waals surface area contributed by atoms with Crippen LogP contribution in [0.5, 0.6) is 0 Å². The van der Waals surface area contributed by atoms with Crippen LogP contribution in [-0.4, -0.2) is 23.8 Å². The number of rotatable bonds is 3. The monoisotopic (exact) mass is 206 g/mol. The number of nitrogens with two attached hydrogens (primary N) is 1. The predicted octanol–water partition coefficient (Wildman–Crippen LogP) is 0.684. The van der Waals surface area contributed by atoms with Crippen LogP contribution in [0.25, 0.3) is 0 Å². The summed E-state index contributed by atoms with van der Waals surface area (Å²) in [5, 5.41) is 12.5. The van der Waals surface area contributed by atoms with E-state index in [1.165, 1.54) is 5.57 Å². The van der Waals surface area contributed by atoms with E-state index in [2.05, 4.69) is 23.5 Å². The summed E-state index contributed by atoms with van der Waals surface area (Å²) < 4.78 is 0. The Kier molecular flexibility index (Phi) is 2.93. The Morgan fingerprint density at radius 3 is 3.00 bits per heavy atom. The van der Waals surface area contributed by atoms with Crippen LogP contribution in [0, 0.1) is 5.92 Å². The molecule has 1 aliphatic heterocycles. The molecule has 0 bridgehead atoms. The first kappa shape index (κ1) is 10.5. The highest BCUT2D eigenvalue weighted by atomic mass is 16.3. The second-order valence-corrected chi connectivity index (χ2v) is 4.36. The summed E-state index contributed by atoms with van der Waals surface area (Å²) in [6.45, 7) is 2.14. The van der Waals surface area contributed by atoms with E-state index < -0.39 is 0 Å². The highest BCUT2D eigenvalue weighted by Gasteiger charge is 2.31. The molecule has 0 saturated carbocycles. The molecule has 0 aromatic heterocycles. The van der Waals surface area contributed by atoms with E-state index in [0.717, 1.165) is 12.0 Å². The van der Waals surface area contributed by atoms with E-state index in [4.69, 9.17) is 5.73 Å². The fourth-order valence-electron chi connectivity index (χ4n) is 2.37. The molecule has 3 unspecified atom stereocenters. The Hall–Kier alpha value is -1.06. The van der Waals surface area contributed by atoms with Crippen LogP contribution in [0.4, 0.5) is 0 Å². The lowest BCUT2D eigenvalue weighted by Crippen LogP contribution is -2.31. The van der Waals surface area contributed by atoms with Crippen molar-refractivity contribution >= 4 is 0 Å². The summed E-state index contributed by atoms with van der Waals surface area (Å²) in [5.41, 5.74) is 8.21. The minimum Gasteiger partial charge on any atom is -0.392 e. The Balaban J connectivity index is 2.18. The van der Waals surface area contributed by atoms with Crippen molar-refractivity contribution in [3.8, 4) is 0 Å². The van der Waals surface area contributed by atoms with E-state index in [1.54, 1.807) is 0 Å². The molecule has 3 nitrogen and oxygen atoms in total. The molecule has 0 fully saturated rings. The number of allylic oxidation sites excluding steroid dienone is 2. The van der Waals surface area contributed by atoms with Gasteiger partial charge < -0.3 is 16.2 Å². The average Bonchev–Trinajstić information content (AvgIpc) is 2.61. The number of hydrogen-bond donors (Lipinski definition) is 3. The maximum absolute atomic E-state index is 9.27. The molecular weight excluding hydrogens is 188 g/mol.